The van der Waals surface area contributed by atoms with Crippen LogP contribution in [0.25, 0.3) is 0 Å². The molecule has 0 bridgehead atoms. The highest BCUT2D eigenvalue weighted by Crippen LogP contribution is 2.31. The number of anilines is 1. The molecule has 3 rings (SSSR count). The van der Waals surface area contributed by atoms with Crippen molar-refractivity contribution >= 4 is 18.4 Å². The Kier molecular flexibility index (Phi) is 10.3. The van der Waals surface area contributed by atoms with Gasteiger partial charge in [0, 0.05) is 57.3 Å². The molecule has 224 valence electrons. The van der Waals surface area contributed by atoms with E-state index in [1.807, 2.05) is 31.2 Å². The maximum atomic E-state index is 15.2. The standard InChI is InChI=1S/C32H45FN4O4/c1-23-10-8-11-29(27(23)19-37(22-39)32(40,14-9-15-38)24(2)34-7)35-17-26-13-12-25(16-28(26)33)18-36-20-30(3,4)41-31(5,6)21-36/h8,10-13,15-16,22,34-35,40H,2,9,14,17-21H2,1,3-7H3. The Balaban J connectivity index is 1.76. The monoisotopic (exact) mass is 568 g/mol. The van der Waals surface area contributed by atoms with E-state index in [9.17, 15) is 14.7 Å². The second-order valence-corrected chi connectivity index (χ2v) is 12.1. The molecule has 1 saturated heterocycles. The predicted molar refractivity (Wildman–Crippen MR) is 159 cm³/mol. The first-order valence-corrected chi connectivity index (χ1v) is 14.0. The van der Waals surface area contributed by atoms with Gasteiger partial charge in [0.05, 0.1) is 23.4 Å². The number of aryl methyl sites for hydroxylation is 1. The summed E-state index contributed by atoms with van der Waals surface area (Å²) in [5, 5.41) is 17.5. The third kappa shape index (κ3) is 8.15. The molecule has 0 saturated carbocycles. The number of nitrogens with zero attached hydrogens (tertiary/aromatic N) is 2. The molecule has 0 radical (unpaired) electrons. The summed E-state index contributed by atoms with van der Waals surface area (Å²) in [7, 11) is 1.60. The SMILES string of the molecule is C=C(NC)C(O)(CCC=O)N(C=O)Cc1c(C)cccc1NCc1ccc(CN2CC(C)(C)OC(C)(C)C2)cc1F. The zero-order chi connectivity index (χ0) is 30.4. The number of carbonyl (C=O) groups is 2. The highest BCUT2D eigenvalue weighted by atomic mass is 19.1. The molecule has 1 fully saturated rings. The molecule has 0 spiro atoms. The maximum Gasteiger partial charge on any atom is 0.212 e. The van der Waals surface area contributed by atoms with Crippen LogP contribution in [0.2, 0.25) is 0 Å². The molecule has 8 nitrogen and oxygen atoms in total. The van der Waals surface area contributed by atoms with Gasteiger partial charge in [0.15, 0.2) is 5.72 Å². The smallest absolute Gasteiger partial charge is 0.212 e. The summed E-state index contributed by atoms with van der Waals surface area (Å²) in [5.41, 5.74) is 1.68. The van der Waals surface area contributed by atoms with E-state index in [1.165, 1.54) is 4.90 Å². The molecule has 0 aromatic heterocycles. The summed E-state index contributed by atoms with van der Waals surface area (Å²) in [5.74, 6) is -0.293. The van der Waals surface area contributed by atoms with Crippen LogP contribution in [0.4, 0.5) is 10.1 Å². The molecule has 3 N–H and O–H groups in total. The maximum absolute atomic E-state index is 15.2. The second-order valence-electron chi connectivity index (χ2n) is 12.1. The number of hydrogen-bond acceptors (Lipinski definition) is 7. The number of benzene rings is 2. The molecule has 41 heavy (non-hydrogen) atoms. The zero-order valence-corrected chi connectivity index (χ0v) is 25.2. The molecule has 2 aromatic rings. The Labute approximate surface area is 243 Å². The quantitative estimate of drug-likeness (QED) is 0.228. The van der Waals surface area contributed by atoms with Crippen molar-refractivity contribution in [2.24, 2.45) is 0 Å². The van der Waals surface area contributed by atoms with Crippen LogP contribution in [0.3, 0.4) is 0 Å². The van der Waals surface area contributed by atoms with E-state index >= 15 is 4.39 Å². The van der Waals surface area contributed by atoms with Crippen molar-refractivity contribution in [2.45, 2.75) is 84.0 Å². The molecular weight excluding hydrogens is 523 g/mol. The van der Waals surface area contributed by atoms with Gasteiger partial charge in [0.1, 0.15) is 12.1 Å². The lowest BCUT2D eigenvalue weighted by Crippen LogP contribution is -2.56. The number of morpholine rings is 1. The van der Waals surface area contributed by atoms with Crippen molar-refractivity contribution in [3.8, 4) is 0 Å². The summed E-state index contributed by atoms with van der Waals surface area (Å²) < 4.78 is 21.4. The van der Waals surface area contributed by atoms with E-state index in [4.69, 9.17) is 4.74 Å². The van der Waals surface area contributed by atoms with Crippen molar-refractivity contribution < 1.29 is 23.8 Å². The van der Waals surface area contributed by atoms with Gasteiger partial charge in [-0.1, -0.05) is 30.8 Å². The fourth-order valence-electron chi connectivity index (χ4n) is 5.77. The van der Waals surface area contributed by atoms with E-state index in [2.05, 4.69) is 49.8 Å². The first-order valence-electron chi connectivity index (χ1n) is 14.0. The van der Waals surface area contributed by atoms with Crippen molar-refractivity contribution in [3.05, 3.63) is 76.7 Å². The van der Waals surface area contributed by atoms with Gasteiger partial charge >= 0.3 is 0 Å². The first-order chi connectivity index (χ1) is 19.2. The Bertz CT molecular complexity index is 1230. The fraction of sp³-hybridized carbons (Fsp3) is 0.500. The summed E-state index contributed by atoms with van der Waals surface area (Å²) in [6.45, 7) is 16.5. The van der Waals surface area contributed by atoms with Gasteiger partial charge in [-0.15, -0.1) is 0 Å². The summed E-state index contributed by atoms with van der Waals surface area (Å²) >= 11 is 0. The van der Waals surface area contributed by atoms with E-state index < -0.39 is 5.72 Å². The van der Waals surface area contributed by atoms with E-state index in [-0.39, 0.29) is 48.6 Å². The van der Waals surface area contributed by atoms with E-state index in [0.717, 1.165) is 29.8 Å². The lowest BCUT2D eigenvalue weighted by Gasteiger charge is -2.47. The molecule has 1 unspecified atom stereocenters. The molecule has 1 atom stereocenters. The summed E-state index contributed by atoms with van der Waals surface area (Å²) in [6, 6.07) is 11.0. The number of carbonyl (C=O) groups excluding carboxylic acids is 2. The molecule has 1 aliphatic heterocycles. The summed E-state index contributed by atoms with van der Waals surface area (Å²) in [6.07, 6.45) is 1.30. The van der Waals surface area contributed by atoms with Crippen LogP contribution in [-0.2, 0) is 34.0 Å². The number of rotatable bonds is 14. The number of ether oxygens (including phenoxy) is 1. The largest absolute Gasteiger partial charge is 0.388 e. The van der Waals surface area contributed by atoms with Gasteiger partial charge in [-0.3, -0.25) is 9.69 Å². The number of nitrogens with one attached hydrogen (secondary N) is 2. The van der Waals surface area contributed by atoms with Crippen molar-refractivity contribution in [3.63, 3.8) is 0 Å². The average molecular weight is 569 g/mol. The number of aliphatic hydroxyl groups is 1. The molecule has 2 aromatic carbocycles. The third-order valence-corrected chi connectivity index (χ3v) is 7.49. The molecule has 0 aliphatic carbocycles. The molecule has 9 heteroatoms. The van der Waals surface area contributed by atoms with Gasteiger partial charge < -0.3 is 30.2 Å². The molecule has 1 aliphatic rings. The van der Waals surface area contributed by atoms with Gasteiger partial charge in [0.25, 0.3) is 0 Å². The van der Waals surface area contributed by atoms with E-state index in [0.29, 0.717) is 30.5 Å². The Morgan fingerprint density at radius 2 is 1.88 bits per heavy atom. The van der Waals surface area contributed by atoms with Crippen LogP contribution in [0.15, 0.2) is 48.7 Å². The van der Waals surface area contributed by atoms with Crippen LogP contribution in [0.5, 0.6) is 0 Å². The minimum atomic E-state index is -1.76. The number of hydrogen-bond donors (Lipinski definition) is 3. The fourth-order valence-corrected chi connectivity index (χ4v) is 5.77. The Morgan fingerprint density at radius 3 is 2.46 bits per heavy atom. The Hall–Kier alpha value is -3.27. The summed E-state index contributed by atoms with van der Waals surface area (Å²) in [4.78, 5) is 26.7. The average Bonchev–Trinajstić information content (AvgIpc) is 2.88. The van der Waals surface area contributed by atoms with Crippen molar-refractivity contribution in [1.29, 1.82) is 0 Å². The number of halogens is 1. The molecule has 1 heterocycles. The van der Waals surface area contributed by atoms with Gasteiger partial charge in [0.2, 0.25) is 6.41 Å². The number of aldehydes is 1. The first kappa shape index (κ1) is 32.2. The topological polar surface area (TPSA) is 94.1 Å². The van der Waals surface area contributed by atoms with Crippen LogP contribution in [-0.4, -0.2) is 64.7 Å². The van der Waals surface area contributed by atoms with Crippen molar-refractivity contribution in [2.75, 3.05) is 25.5 Å². The van der Waals surface area contributed by atoms with E-state index in [1.54, 1.807) is 19.2 Å². The van der Waals surface area contributed by atoms with Crippen molar-refractivity contribution in [1.82, 2.24) is 15.1 Å². The number of amides is 1. The highest BCUT2D eigenvalue weighted by molar-refractivity contribution is 5.58. The normalized spacial score (nSPS) is 17.8. The zero-order valence-electron chi connectivity index (χ0n) is 25.2. The van der Waals surface area contributed by atoms with Crippen LogP contribution < -0.4 is 10.6 Å². The second kappa shape index (κ2) is 13.1. The van der Waals surface area contributed by atoms with Gasteiger partial charge in [-0.05, 0) is 63.4 Å². The van der Waals surface area contributed by atoms with Gasteiger partial charge in [-0.2, -0.15) is 0 Å². The van der Waals surface area contributed by atoms with Crippen LogP contribution in [0, 0.1) is 12.7 Å². The lowest BCUT2D eigenvalue weighted by atomic mass is 9.98. The van der Waals surface area contributed by atoms with Crippen LogP contribution in [0.1, 0.15) is 62.8 Å². The Morgan fingerprint density at radius 1 is 1.20 bits per heavy atom. The minimum Gasteiger partial charge on any atom is -0.388 e. The molecule has 1 amide bonds. The number of likely N-dealkylation sites (N-methyl/N-ethyl adjacent to an activating group) is 1. The lowest BCUT2D eigenvalue weighted by molar-refractivity contribution is -0.182. The third-order valence-electron chi connectivity index (χ3n) is 7.49. The predicted octanol–water partition coefficient (Wildman–Crippen LogP) is 4.49. The minimum absolute atomic E-state index is 0.000558. The molecular formula is C32H45FN4O4. The van der Waals surface area contributed by atoms with Gasteiger partial charge in [-0.25, -0.2) is 4.39 Å². The highest BCUT2D eigenvalue weighted by Gasteiger charge is 2.38. The van der Waals surface area contributed by atoms with Crippen LogP contribution >= 0.6 is 0 Å².